The fourth-order valence-electron chi connectivity index (χ4n) is 4.24. The molecule has 0 radical (unpaired) electrons. The summed E-state index contributed by atoms with van der Waals surface area (Å²) >= 11 is 0. The van der Waals surface area contributed by atoms with Crippen LogP contribution in [0.1, 0.15) is 23.6 Å². The zero-order chi connectivity index (χ0) is 23.4. The van der Waals surface area contributed by atoms with E-state index in [9.17, 15) is 14.4 Å². The van der Waals surface area contributed by atoms with Crippen LogP contribution in [0.5, 0.6) is 0 Å². The third kappa shape index (κ3) is 5.23. The zero-order valence-corrected chi connectivity index (χ0v) is 19.0. The number of carbonyl (C=O) groups excluding carboxylic acids is 3. The Hall–Kier alpha value is -3.23. The fraction of sp³-hybridized carbons (Fsp3) is 0.400. The molecule has 0 aliphatic carbocycles. The van der Waals surface area contributed by atoms with Gasteiger partial charge < -0.3 is 15.4 Å². The summed E-state index contributed by atoms with van der Waals surface area (Å²) in [5.74, 6) is -0.829. The molecule has 8 heteroatoms. The molecule has 0 bridgehead atoms. The first-order valence-electron chi connectivity index (χ1n) is 11.2. The lowest BCUT2D eigenvalue weighted by Crippen LogP contribution is -2.49. The predicted octanol–water partition coefficient (Wildman–Crippen LogP) is 1.78. The molecule has 2 aromatic carbocycles. The van der Waals surface area contributed by atoms with Crippen molar-refractivity contribution in [2.75, 3.05) is 32.8 Å². The summed E-state index contributed by atoms with van der Waals surface area (Å²) in [5.41, 5.74) is 1.79. The van der Waals surface area contributed by atoms with E-state index in [0.717, 1.165) is 23.6 Å². The Labute approximate surface area is 193 Å². The number of carbonyl (C=O) groups is 3. The van der Waals surface area contributed by atoms with Crippen molar-refractivity contribution in [1.82, 2.24) is 20.4 Å². The van der Waals surface area contributed by atoms with Gasteiger partial charge in [0.2, 0.25) is 5.91 Å². The molecule has 4 amide bonds. The molecule has 2 atom stereocenters. The molecule has 2 unspecified atom stereocenters. The van der Waals surface area contributed by atoms with Crippen LogP contribution in [0.3, 0.4) is 0 Å². The third-order valence-corrected chi connectivity index (χ3v) is 6.20. The van der Waals surface area contributed by atoms with Gasteiger partial charge in [0, 0.05) is 26.2 Å². The molecule has 0 saturated carbocycles. The van der Waals surface area contributed by atoms with Crippen molar-refractivity contribution in [1.29, 1.82) is 0 Å². The molecule has 4 rings (SSSR count). The van der Waals surface area contributed by atoms with Gasteiger partial charge in [-0.05, 0) is 25.0 Å². The summed E-state index contributed by atoms with van der Waals surface area (Å²) < 4.78 is 5.79. The molecule has 2 heterocycles. The molecule has 174 valence electrons. The van der Waals surface area contributed by atoms with Crippen LogP contribution in [-0.2, 0) is 26.4 Å². The normalized spacial score (nSPS) is 23.5. The van der Waals surface area contributed by atoms with Crippen molar-refractivity contribution in [2.45, 2.75) is 32.0 Å². The molecular formula is C25H30N4O4. The molecule has 2 fully saturated rings. The number of aryl methyl sites for hydroxylation is 1. The highest BCUT2D eigenvalue weighted by Crippen LogP contribution is 2.28. The highest BCUT2D eigenvalue weighted by Gasteiger charge is 2.49. The monoisotopic (exact) mass is 450 g/mol. The number of nitrogens with one attached hydrogen (secondary N) is 2. The van der Waals surface area contributed by atoms with Gasteiger partial charge in [-0.2, -0.15) is 0 Å². The van der Waals surface area contributed by atoms with E-state index >= 15 is 0 Å². The molecule has 2 N–H and O–H groups in total. The number of hydrogen-bond acceptors (Lipinski definition) is 5. The lowest BCUT2D eigenvalue weighted by Gasteiger charge is -2.33. The number of urea groups is 1. The van der Waals surface area contributed by atoms with Crippen LogP contribution in [0, 0.1) is 6.92 Å². The molecule has 0 spiro atoms. The number of imide groups is 1. The van der Waals surface area contributed by atoms with E-state index in [1.807, 2.05) is 49.4 Å². The molecular weight excluding hydrogens is 420 g/mol. The van der Waals surface area contributed by atoms with Gasteiger partial charge in [0.05, 0.1) is 12.7 Å². The first kappa shape index (κ1) is 22.9. The summed E-state index contributed by atoms with van der Waals surface area (Å²) in [6.45, 7) is 6.56. The Bertz CT molecular complexity index is 1010. The van der Waals surface area contributed by atoms with Crippen LogP contribution in [0.4, 0.5) is 4.79 Å². The SMILES string of the molecule is Cc1ccc(C2(C)NC(=O)N(CC(=O)NCC3CN(Cc4ccccc4)CCO3)C2=O)cc1. The van der Waals surface area contributed by atoms with E-state index in [1.165, 1.54) is 5.56 Å². The highest BCUT2D eigenvalue weighted by molar-refractivity contribution is 6.09. The summed E-state index contributed by atoms with van der Waals surface area (Å²) in [6, 6.07) is 17.1. The minimum atomic E-state index is -1.19. The first-order chi connectivity index (χ1) is 15.8. The topological polar surface area (TPSA) is 91.0 Å². The number of rotatable bonds is 7. The number of amides is 4. The Morgan fingerprint density at radius 3 is 2.61 bits per heavy atom. The van der Waals surface area contributed by atoms with Crippen molar-refractivity contribution in [3.63, 3.8) is 0 Å². The van der Waals surface area contributed by atoms with E-state index in [2.05, 4.69) is 27.7 Å². The quantitative estimate of drug-likeness (QED) is 0.628. The average Bonchev–Trinajstić information content (AvgIpc) is 3.03. The van der Waals surface area contributed by atoms with Gasteiger partial charge in [-0.1, -0.05) is 60.2 Å². The number of benzene rings is 2. The Morgan fingerprint density at radius 2 is 1.88 bits per heavy atom. The van der Waals surface area contributed by atoms with Crippen LogP contribution in [0.25, 0.3) is 0 Å². The van der Waals surface area contributed by atoms with Crippen LogP contribution in [-0.4, -0.2) is 66.5 Å². The van der Waals surface area contributed by atoms with Crippen LogP contribution < -0.4 is 10.6 Å². The molecule has 8 nitrogen and oxygen atoms in total. The second-order valence-electron chi connectivity index (χ2n) is 8.83. The van der Waals surface area contributed by atoms with Gasteiger partial charge in [0.15, 0.2) is 0 Å². The summed E-state index contributed by atoms with van der Waals surface area (Å²) in [5, 5.41) is 5.55. The average molecular weight is 451 g/mol. The van der Waals surface area contributed by atoms with Gasteiger partial charge in [0.1, 0.15) is 12.1 Å². The molecule has 2 saturated heterocycles. The maximum absolute atomic E-state index is 13.0. The Kier molecular flexibility index (Phi) is 6.76. The summed E-state index contributed by atoms with van der Waals surface area (Å²) in [4.78, 5) is 41.3. The zero-order valence-electron chi connectivity index (χ0n) is 19.0. The second-order valence-corrected chi connectivity index (χ2v) is 8.83. The van der Waals surface area contributed by atoms with Crippen LogP contribution >= 0.6 is 0 Å². The maximum Gasteiger partial charge on any atom is 0.325 e. The number of morpholine rings is 1. The van der Waals surface area contributed by atoms with E-state index < -0.39 is 23.4 Å². The van der Waals surface area contributed by atoms with E-state index in [0.29, 0.717) is 25.3 Å². The van der Waals surface area contributed by atoms with E-state index in [4.69, 9.17) is 4.74 Å². The maximum atomic E-state index is 13.0. The molecule has 2 aliphatic rings. The van der Waals surface area contributed by atoms with E-state index in [-0.39, 0.29) is 12.6 Å². The highest BCUT2D eigenvalue weighted by atomic mass is 16.5. The van der Waals surface area contributed by atoms with Crippen LogP contribution in [0.2, 0.25) is 0 Å². The standard InChI is InChI=1S/C25H30N4O4/c1-18-8-10-20(11-9-18)25(2)23(31)29(24(32)27-25)17-22(30)26-14-21-16-28(12-13-33-21)15-19-6-4-3-5-7-19/h3-11,21H,12-17H2,1-2H3,(H,26,30)(H,27,32). The smallest absolute Gasteiger partial charge is 0.325 e. The van der Waals surface area contributed by atoms with Crippen molar-refractivity contribution in [2.24, 2.45) is 0 Å². The summed E-state index contributed by atoms with van der Waals surface area (Å²) in [7, 11) is 0. The van der Waals surface area contributed by atoms with Crippen molar-refractivity contribution >= 4 is 17.8 Å². The van der Waals surface area contributed by atoms with Gasteiger partial charge in [-0.25, -0.2) is 4.79 Å². The molecule has 33 heavy (non-hydrogen) atoms. The van der Waals surface area contributed by atoms with Crippen molar-refractivity contribution in [3.05, 3.63) is 71.3 Å². The minimum absolute atomic E-state index is 0.146. The lowest BCUT2D eigenvalue weighted by molar-refractivity contribution is -0.135. The van der Waals surface area contributed by atoms with Gasteiger partial charge in [0.25, 0.3) is 5.91 Å². The van der Waals surface area contributed by atoms with Crippen LogP contribution in [0.15, 0.2) is 54.6 Å². The first-order valence-corrected chi connectivity index (χ1v) is 11.2. The third-order valence-electron chi connectivity index (χ3n) is 6.20. The largest absolute Gasteiger partial charge is 0.374 e. The van der Waals surface area contributed by atoms with Crippen molar-refractivity contribution < 1.29 is 19.1 Å². The van der Waals surface area contributed by atoms with Gasteiger partial charge in [-0.3, -0.25) is 19.4 Å². The van der Waals surface area contributed by atoms with Crippen molar-refractivity contribution in [3.8, 4) is 0 Å². The van der Waals surface area contributed by atoms with E-state index in [1.54, 1.807) is 6.92 Å². The van der Waals surface area contributed by atoms with Gasteiger partial charge >= 0.3 is 6.03 Å². The summed E-state index contributed by atoms with van der Waals surface area (Å²) in [6.07, 6.45) is -0.146. The Balaban J connectivity index is 1.29. The van der Waals surface area contributed by atoms with Gasteiger partial charge in [-0.15, -0.1) is 0 Å². The predicted molar refractivity (Wildman–Crippen MR) is 123 cm³/mol. The number of ether oxygens (including phenoxy) is 1. The number of hydrogen-bond donors (Lipinski definition) is 2. The Morgan fingerprint density at radius 1 is 1.15 bits per heavy atom. The minimum Gasteiger partial charge on any atom is -0.374 e. The molecule has 2 aromatic rings. The number of nitrogens with zero attached hydrogens (tertiary/aromatic N) is 2. The lowest BCUT2D eigenvalue weighted by atomic mass is 9.91. The second kappa shape index (κ2) is 9.72. The molecule has 0 aromatic heterocycles. The fourth-order valence-corrected chi connectivity index (χ4v) is 4.24. The molecule has 2 aliphatic heterocycles.